The minimum absolute atomic E-state index is 0.801. The molecule has 0 atom stereocenters. The fourth-order valence-corrected chi connectivity index (χ4v) is 2.29. The van der Waals surface area contributed by atoms with Gasteiger partial charge in [-0.3, -0.25) is 0 Å². The lowest BCUT2D eigenvalue weighted by Crippen LogP contribution is -2.33. The first kappa shape index (κ1) is 18.8. The maximum absolute atomic E-state index is 5.61. The molecule has 19 heavy (non-hydrogen) atoms. The predicted octanol–water partition coefficient (Wildman–Crippen LogP) is 1.50. The zero-order chi connectivity index (χ0) is 14.3. The molecule has 0 saturated carbocycles. The van der Waals surface area contributed by atoms with Crippen molar-refractivity contribution in [3.05, 3.63) is 0 Å². The van der Waals surface area contributed by atoms with Gasteiger partial charge in [-0.15, -0.1) is 0 Å². The fourth-order valence-electron chi connectivity index (χ4n) is 2.29. The van der Waals surface area contributed by atoms with Gasteiger partial charge in [-0.05, 0) is 78.0 Å². The zero-order valence-corrected chi connectivity index (χ0v) is 13.2. The molecule has 4 N–H and O–H groups in total. The topological polar surface area (TPSA) is 58.5 Å². The Bertz CT molecular complexity index is 168. The van der Waals surface area contributed by atoms with Gasteiger partial charge in [0.2, 0.25) is 0 Å². The molecule has 0 aliphatic carbocycles. The van der Waals surface area contributed by atoms with Crippen LogP contribution in [0.5, 0.6) is 0 Å². The molecule has 0 heterocycles. The van der Waals surface area contributed by atoms with Crippen molar-refractivity contribution in [1.82, 2.24) is 9.80 Å². The molecular formula is C15H36N4. The summed E-state index contributed by atoms with van der Waals surface area (Å²) in [5.41, 5.74) is 11.2. The van der Waals surface area contributed by atoms with E-state index in [-0.39, 0.29) is 0 Å². The van der Waals surface area contributed by atoms with Crippen molar-refractivity contribution in [2.45, 2.75) is 46.0 Å². The van der Waals surface area contributed by atoms with Gasteiger partial charge in [0.05, 0.1) is 0 Å². The molecule has 0 bridgehead atoms. The van der Waals surface area contributed by atoms with Crippen LogP contribution in [0.1, 0.15) is 46.0 Å². The summed E-state index contributed by atoms with van der Waals surface area (Å²) in [4.78, 5) is 5.08. The van der Waals surface area contributed by atoms with Crippen LogP contribution in [0.2, 0.25) is 0 Å². The maximum Gasteiger partial charge on any atom is -0.000654 e. The minimum Gasteiger partial charge on any atom is -0.330 e. The van der Waals surface area contributed by atoms with E-state index < -0.39 is 0 Å². The van der Waals surface area contributed by atoms with Crippen LogP contribution in [-0.4, -0.2) is 62.2 Å². The molecule has 116 valence electrons. The Balaban J connectivity index is 3.80. The van der Waals surface area contributed by atoms with Gasteiger partial charge in [-0.25, -0.2) is 0 Å². The summed E-state index contributed by atoms with van der Waals surface area (Å²) in [7, 11) is 0. The van der Waals surface area contributed by atoms with Gasteiger partial charge in [0.15, 0.2) is 0 Å². The molecule has 0 aliphatic rings. The first-order valence-corrected chi connectivity index (χ1v) is 8.13. The molecule has 0 aromatic rings. The fraction of sp³-hybridized carbons (Fsp3) is 1.00. The molecule has 0 aromatic carbocycles. The van der Waals surface area contributed by atoms with Crippen LogP contribution < -0.4 is 11.5 Å². The molecule has 0 unspecified atom stereocenters. The summed E-state index contributed by atoms with van der Waals surface area (Å²) in [5, 5.41) is 0. The highest BCUT2D eigenvalue weighted by atomic mass is 15.1. The highest BCUT2D eigenvalue weighted by Gasteiger charge is 2.06. The van der Waals surface area contributed by atoms with Gasteiger partial charge in [0, 0.05) is 0 Å². The molecule has 4 heteroatoms. The molecular weight excluding hydrogens is 236 g/mol. The lowest BCUT2D eigenvalue weighted by Gasteiger charge is -2.25. The molecule has 0 spiro atoms. The lowest BCUT2D eigenvalue weighted by atomic mass is 10.2. The second-order valence-corrected chi connectivity index (χ2v) is 5.27. The standard InChI is InChI=1S/C15H36N4/c1-3-5-11-19(13-7-10-17)15-8-14-18(4-2)12-6-9-16/h3-17H2,1-2H3. The van der Waals surface area contributed by atoms with E-state index in [1.807, 2.05) is 0 Å². The van der Waals surface area contributed by atoms with Gasteiger partial charge in [0.25, 0.3) is 0 Å². The smallest absolute Gasteiger partial charge is 0.000654 e. The van der Waals surface area contributed by atoms with Crippen molar-refractivity contribution in [2.24, 2.45) is 11.5 Å². The molecule has 0 rings (SSSR count). The Kier molecular flexibility index (Phi) is 14.1. The van der Waals surface area contributed by atoms with Crippen molar-refractivity contribution < 1.29 is 0 Å². The van der Waals surface area contributed by atoms with Gasteiger partial charge in [-0.2, -0.15) is 0 Å². The Morgan fingerprint density at radius 3 is 1.63 bits per heavy atom. The summed E-state index contributed by atoms with van der Waals surface area (Å²) in [6.07, 6.45) is 6.06. The SMILES string of the molecule is CCCCN(CCCN)CCCN(CC)CCCN. The highest BCUT2D eigenvalue weighted by molar-refractivity contribution is 4.62. The number of nitrogens with two attached hydrogens (primary N) is 2. The maximum atomic E-state index is 5.61. The van der Waals surface area contributed by atoms with Crippen LogP contribution in [0.3, 0.4) is 0 Å². The van der Waals surface area contributed by atoms with E-state index in [1.165, 1.54) is 38.9 Å². The number of hydrogen-bond donors (Lipinski definition) is 2. The second kappa shape index (κ2) is 14.3. The van der Waals surface area contributed by atoms with Gasteiger partial charge >= 0.3 is 0 Å². The van der Waals surface area contributed by atoms with Crippen molar-refractivity contribution in [1.29, 1.82) is 0 Å². The Morgan fingerprint density at radius 2 is 1.11 bits per heavy atom. The molecule has 0 radical (unpaired) electrons. The predicted molar refractivity (Wildman–Crippen MR) is 85.4 cm³/mol. The van der Waals surface area contributed by atoms with Crippen LogP contribution in [0.15, 0.2) is 0 Å². The van der Waals surface area contributed by atoms with Crippen LogP contribution in [0, 0.1) is 0 Å². The van der Waals surface area contributed by atoms with Crippen molar-refractivity contribution in [3.63, 3.8) is 0 Å². The number of nitrogens with zero attached hydrogens (tertiary/aromatic N) is 2. The Labute approximate surface area is 120 Å². The van der Waals surface area contributed by atoms with Crippen molar-refractivity contribution in [2.75, 3.05) is 52.4 Å². The number of rotatable bonds is 14. The first-order chi connectivity index (χ1) is 9.28. The second-order valence-electron chi connectivity index (χ2n) is 5.27. The van der Waals surface area contributed by atoms with Crippen LogP contribution >= 0.6 is 0 Å². The molecule has 4 nitrogen and oxygen atoms in total. The summed E-state index contributed by atoms with van der Waals surface area (Å²) >= 11 is 0. The summed E-state index contributed by atoms with van der Waals surface area (Å²) < 4.78 is 0. The van der Waals surface area contributed by atoms with E-state index in [4.69, 9.17) is 11.5 Å². The third-order valence-electron chi connectivity index (χ3n) is 3.58. The summed E-state index contributed by atoms with van der Waals surface area (Å²) in [6.45, 7) is 13.2. The first-order valence-electron chi connectivity index (χ1n) is 8.13. The highest BCUT2D eigenvalue weighted by Crippen LogP contribution is 2.00. The third kappa shape index (κ3) is 11.4. The van der Waals surface area contributed by atoms with Gasteiger partial charge < -0.3 is 21.3 Å². The zero-order valence-electron chi connectivity index (χ0n) is 13.2. The monoisotopic (exact) mass is 272 g/mol. The van der Waals surface area contributed by atoms with Crippen LogP contribution in [0.25, 0.3) is 0 Å². The Morgan fingerprint density at radius 1 is 0.632 bits per heavy atom. The summed E-state index contributed by atoms with van der Waals surface area (Å²) in [5.74, 6) is 0. The number of unbranched alkanes of at least 4 members (excludes halogenated alkanes) is 1. The van der Waals surface area contributed by atoms with Crippen molar-refractivity contribution >= 4 is 0 Å². The summed E-state index contributed by atoms with van der Waals surface area (Å²) in [6, 6.07) is 0. The largest absolute Gasteiger partial charge is 0.330 e. The normalized spacial score (nSPS) is 11.7. The van der Waals surface area contributed by atoms with E-state index in [2.05, 4.69) is 23.6 Å². The van der Waals surface area contributed by atoms with E-state index in [1.54, 1.807) is 0 Å². The van der Waals surface area contributed by atoms with Gasteiger partial charge in [-0.1, -0.05) is 20.3 Å². The molecule has 0 aromatic heterocycles. The average Bonchev–Trinajstić information content (AvgIpc) is 2.44. The lowest BCUT2D eigenvalue weighted by molar-refractivity contribution is 0.227. The van der Waals surface area contributed by atoms with E-state index >= 15 is 0 Å². The van der Waals surface area contributed by atoms with E-state index in [0.29, 0.717) is 0 Å². The van der Waals surface area contributed by atoms with Crippen molar-refractivity contribution in [3.8, 4) is 0 Å². The molecule has 0 fully saturated rings. The van der Waals surface area contributed by atoms with E-state index in [0.717, 1.165) is 45.6 Å². The average molecular weight is 272 g/mol. The minimum atomic E-state index is 0.801. The van der Waals surface area contributed by atoms with E-state index in [9.17, 15) is 0 Å². The Hall–Kier alpha value is -0.160. The van der Waals surface area contributed by atoms with Crippen LogP contribution in [-0.2, 0) is 0 Å². The third-order valence-corrected chi connectivity index (χ3v) is 3.58. The van der Waals surface area contributed by atoms with Gasteiger partial charge in [0.1, 0.15) is 0 Å². The quantitative estimate of drug-likeness (QED) is 0.503. The number of hydrogen-bond acceptors (Lipinski definition) is 4. The molecule has 0 amide bonds. The molecule has 0 saturated heterocycles. The molecule has 0 aliphatic heterocycles. The van der Waals surface area contributed by atoms with Crippen LogP contribution in [0.4, 0.5) is 0 Å².